The normalized spacial score (nSPS) is 13.9. The summed E-state index contributed by atoms with van der Waals surface area (Å²) in [5.41, 5.74) is 6.74. The van der Waals surface area contributed by atoms with E-state index < -0.39 is 6.04 Å². The van der Waals surface area contributed by atoms with Crippen LogP contribution in [0.2, 0.25) is 0 Å². The van der Waals surface area contributed by atoms with E-state index in [1.54, 1.807) is 30.7 Å². The molecular weight excluding hydrogens is 557 g/mol. The Morgan fingerprint density at radius 3 is 2.73 bits per heavy atom. The number of carbonyl (C=O) groups excluding carboxylic acids is 1. The molecule has 41 heavy (non-hydrogen) atoms. The summed E-state index contributed by atoms with van der Waals surface area (Å²) in [6.45, 7) is 2.43. The lowest BCUT2D eigenvalue weighted by Crippen LogP contribution is -2.36. The molecule has 4 aromatic rings. The van der Waals surface area contributed by atoms with Gasteiger partial charge in [0.25, 0.3) is 5.56 Å². The summed E-state index contributed by atoms with van der Waals surface area (Å²) >= 11 is 2.74. The van der Waals surface area contributed by atoms with E-state index in [9.17, 15) is 9.59 Å². The minimum absolute atomic E-state index is 0.170. The predicted molar refractivity (Wildman–Crippen MR) is 169 cm³/mol. The SMILES string of the molecule is CCC=CC(=N)SC(=N)c1ccccc1.CNc1cnc2n(c1=O)C(C(=O)NCc1cc3cnc(N)cc3s1)CC2. The molecule has 0 radical (unpaired) electrons. The number of pyridine rings is 1. The van der Waals surface area contributed by atoms with Gasteiger partial charge in [-0.15, -0.1) is 11.3 Å². The third-order valence-electron chi connectivity index (χ3n) is 6.26. The molecule has 0 saturated carbocycles. The van der Waals surface area contributed by atoms with E-state index in [4.69, 9.17) is 16.6 Å². The van der Waals surface area contributed by atoms with Crippen molar-refractivity contribution in [3.8, 4) is 0 Å². The Balaban J connectivity index is 0.000000221. The molecule has 1 amide bonds. The van der Waals surface area contributed by atoms with Crippen molar-refractivity contribution in [3.63, 3.8) is 0 Å². The number of nitrogen functional groups attached to an aromatic ring is 1. The number of fused-ring (bicyclic) bond motifs is 2. The number of aromatic nitrogens is 3. The lowest BCUT2D eigenvalue weighted by molar-refractivity contribution is -0.124. The highest BCUT2D eigenvalue weighted by molar-refractivity contribution is 8.27. The van der Waals surface area contributed by atoms with Gasteiger partial charge in [-0.3, -0.25) is 25.0 Å². The number of hydrogen-bond donors (Lipinski definition) is 5. The minimum Gasteiger partial charge on any atom is -0.384 e. The van der Waals surface area contributed by atoms with E-state index in [1.807, 2.05) is 55.5 Å². The van der Waals surface area contributed by atoms with E-state index in [-0.39, 0.29) is 11.5 Å². The van der Waals surface area contributed by atoms with Gasteiger partial charge in [0.15, 0.2) is 0 Å². The maximum Gasteiger partial charge on any atom is 0.277 e. The third-order valence-corrected chi connectivity index (χ3v) is 8.15. The van der Waals surface area contributed by atoms with Gasteiger partial charge in [0.05, 0.1) is 17.8 Å². The second kappa shape index (κ2) is 13.9. The summed E-state index contributed by atoms with van der Waals surface area (Å²) in [6, 6.07) is 12.8. The van der Waals surface area contributed by atoms with E-state index >= 15 is 0 Å². The molecule has 1 atom stereocenters. The van der Waals surface area contributed by atoms with Gasteiger partial charge < -0.3 is 16.4 Å². The number of thiophene rings is 1. The summed E-state index contributed by atoms with van der Waals surface area (Å²) in [6.07, 6.45) is 9.02. The second-order valence-corrected chi connectivity index (χ2v) is 11.3. The molecule has 1 aliphatic rings. The molecule has 0 bridgehead atoms. The van der Waals surface area contributed by atoms with Crippen LogP contribution in [0.1, 0.15) is 42.1 Å². The maximum absolute atomic E-state index is 12.7. The van der Waals surface area contributed by atoms with Crippen molar-refractivity contribution in [2.75, 3.05) is 18.1 Å². The number of anilines is 2. The maximum atomic E-state index is 12.7. The van der Waals surface area contributed by atoms with Crippen LogP contribution in [0.5, 0.6) is 0 Å². The Hall–Kier alpha value is -4.29. The molecule has 4 heterocycles. The van der Waals surface area contributed by atoms with Crippen LogP contribution in [0.4, 0.5) is 11.5 Å². The Morgan fingerprint density at radius 1 is 1.22 bits per heavy atom. The van der Waals surface area contributed by atoms with Crippen LogP contribution in [0.3, 0.4) is 0 Å². The molecular formula is C29H32N8O2S2. The first-order chi connectivity index (χ1) is 19.8. The molecule has 3 aromatic heterocycles. The average molecular weight is 589 g/mol. The monoisotopic (exact) mass is 588 g/mol. The van der Waals surface area contributed by atoms with E-state index in [0.717, 1.165) is 26.9 Å². The van der Waals surface area contributed by atoms with E-state index in [0.29, 0.717) is 46.8 Å². The molecule has 10 nitrogen and oxygen atoms in total. The van der Waals surface area contributed by atoms with Gasteiger partial charge in [0, 0.05) is 40.2 Å². The highest BCUT2D eigenvalue weighted by atomic mass is 32.2. The quantitative estimate of drug-likeness (QED) is 0.150. The number of amides is 1. The molecule has 0 aliphatic carbocycles. The summed E-state index contributed by atoms with van der Waals surface area (Å²) in [5.74, 6) is 0.957. The number of hydrogen-bond acceptors (Lipinski definition) is 10. The van der Waals surface area contributed by atoms with E-state index in [1.165, 1.54) is 22.5 Å². The highest BCUT2D eigenvalue weighted by Gasteiger charge is 2.30. The molecule has 1 aromatic carbocycles. The smallest absolute Gasteiger partial charge is 0.277 e. The van der Waals surface area contributed by atoms with E-state index in [2.05, 4.69) is 20.6 Å². The van der Waals surface area contributed by atoms with Gasteiger partial charge in [0.1, 0.15) is 28.4 Å². The van der Waals surface area contributed by atoms with Crippen LogP contribution in [0.15, 0.2) is 71.8 Å². The van der Waals surface area contributed by atoms with Crippen LogP contribution in [-0.4, -0.2) is 37.6 Å². The number of benzene rings is 1. The van der Waals surface area contributed by atoms with Crippen molar-refractivity contribution in [2.24, 2.45) is 0 Å². The van der Waals surface area contributed by atoms with Crippen molar-refractivity contribution in [1.29, 1.82) is 10.8 Å². The fourth-order valence-electron chi connectivity index (χ4n) is 4.22. The van der Waals surface area contributed by atoms with Gasteiger partial charge in [-0.1, -0.05) is 55.1 Å². The van der Waals surface area contributed by atoms with Crippen molar-refractivity contribution < 1.29 is 4.79 Å². The third kappa shape index (κ3) is 7.47. The molecule has 0 fully saturated rings. The number of nitrogens with two attached hydrogens (primary N) is 1. The molecule has 0 spiro atoms. The largest absolute Gasteiger partial charge is 0.384 e. The van der Waals surface area contributed by atoms with Gasteiger partial charge in [0.2, 0.25) is 5.91 Å². The summed E-state index contributed by atoms with van der Waals surface area (Å²) in [7, 11) is 1.67. The first-order valence-electron chi connectivity index (χ1n) is 13.1. The Labute approximate surface area is 246 Å². The average Bonchev–Trinajstić information content (AvgIpc) is 3.60. The predicted octanol–water partition coefficient (Wildman–Crippen LogP) is 4.97. The number of nitrogens with one attached hydrogen (secondary N) is 4. The lowest BCUT2D eigenvalue weighted by atomic mass is 10.2. The van der Waals surface area contributed by atoms with Gasteiger partial charge >= 0.3 is 0 Å². The van der Waals surface area contributed by atoms with Crippen LogP contribution in [0.25, 0.3) is 10.1 Å². The van der Waals surface area contributed by atoms with Gasteiger partial charge in [-0.05, 0) is 31.1 Å². The van der Waals surface area contributed by atoms with Crippen molar-refractivity contribution in [3.05, 3.63) is 93.6 Å². The fourth-order valence-corrected chi connectivity index (χ4v) is 5.88. The van der Waals surface area contributed by atoms with Crippen LogP contribution < -0.4 is 21.9 Å². The van der Waals surface area contributed by atoms with Gasteiger partial charge in [-0.25, -0.2) is 9.97 Å². The number of allylic oxidation sites excluding steroid dienone is 1. The number of rotatable bonds is 7. The Bertz CT molecular complexity index is 1650. The molecule has 1 unspecified atom stereocenters. The highest BCUT2D eigenvalue weighted by Crippen LogP contribution is 2.27. The summed E-state index contributed by atoms with van der Waals surface area (Å²) in [5, 5.41) is 23.0. The Kier molecular flexibility index (Phi) is 10.0. The van der Waals surface area contributed by atoms with Crippen LogP contribution in [0, 0.1) is 10.8 Å². The fraction of sp³-hybridized carbons (Fsp3) is 0.241. The molecule has 6 N–H and O–H groups in total. The number of carbonyl (C=O) groups is 1. The zero-order valence-corrected chi connectivity index (χ0v) is 24.4. The van der Waals surface area contributed by atoms with Crippen LogP contribution in [-0.2, 0) is 17.8 Å². The Morgan fingerprint density at radius 2 is 2.00 bits per heavy atom. The summed E-state index contributed by atoms with van der Waals surface area (Å²) < 4.78 is 2.53. The first-order valence-corrected chi connectivity index (χ1v) is 14.7. The number of nitrogens with zero attached hydrogens (tertiary/aromatic N) is 3. The summed E-state index contributed by atoms with van der Waals surface area (Å²) in [4.78, 5) is 34.5. The van der Waals surface area contributed by atoms with Gasteiger partial charge in [-0.2, -0.15) is 0 Å². The second-order valence-electron chi connectivity index (χ2n) is 9.12. The van der Waals surface area contributed by atoms with Crippen molar-refractivity contribution in [1.82, 2.24) is 19.9 Å². The molecule has 12 heteroatoms. The topological polar surface area (TPSA) is 163 Å². The molecule has 5 rings (SSSR count). The zero-order valence-electron chi connectivity index (χ0n) is 22.8. The van der Waals surface area contributed by atoms with Crippen molar-refractivity contribution in [2.45, 2.75) is 38.8 Å². The number of aryl methyl sites for hydroxylation is 1. The standard InChI is InChI=1S/C17H18N6O2S.C12H14N2S/c1-19-11-8-21-15-3-2-12(23(15)17(11)25)16(24)22-7-10-4-9-6-20-14(18)5-13(9)26-10;1-2-3-9-11(13)15-12(14)10-7-5-4-6-8-10/h4-6,8,12,19H,2-3,7H2,1H3,(H2,18,20)(H,22,24);3-9,13-14H,2H2,1H3. The van der Waals surface area contributed by atoms with Crippen molar-refractivity contribution >= 4 is 60.7 Å². The molecule has 212 valence electrons. The zero-order chi connectivity index (χ0) is 29.4. The van der Waals surface area contributed by atoms with Crippen LogP contribution >= 0.6 is 23.1 Å². The minimum atomic E-state index is -0.523. The molecule has 0 saturated heterocycles. The molecule has 1 aliphatic heterocycles. The number of thioether (sulfide) groups is 1. The lowest BCUT2D eigenvalue weighted by Gasteiger charge is -2.14. The first kappa shape index (κ1) is 29.7.